The van der Waals surface area contributed by atoms with E-state index in [0.29, 0.717) is 30.4 Å². The van der Waals surface area contributed by atoms with Gasteiger partial charge in [0.05, 0.1) is 6.61 Å². The van der Waals surface area contributed by atoms with E-state index in [1.807, 2.05) is 13.0 Å². The van der Waals surface area contributed by atoms with Crippen molar-refractivity contribution in [2.24, 2.45) is 5.92 Å². The molecule has 0 aliphatic carbocycles. The maximum absolute atomic E-state index is 13.9. The van der Waals surface area contributed by atoms with E-state index in [2.05, 4.69) is 31.1 Å². The molecule has 4 heteroatoms. The Morgan fingerprint density at radius 1 is 1.40 bits per heavy atom. The fraction of sp³-hybridized carbons (Fsp3) is 0.625. The summed E-state index contributed by atoms with van der Waals surface area (Å²) in [6, 6.07) is 6.06. The summed E-state index contributed by atoms with van der Waals surface area (Å²) in [5.74, 6) is 0.569. The number of hydrogen-bond donors (Lipinski definition) is 1. The molecule has 20 heavy (non-hydrogen) atoms. The van der Waals surface area contributed by atoms with Crippen LogP contribution < -0.4 is 10.1 Å². The standard InChI is InChI=1S/C16H25FN2O/c1-5-20-16-7-6-13(9-14(16)17)18-15-8-12(3)19(4)10-11(15)2/h6-7,9,11-12,15,18H,5,8,10H2,1-4H3. The van der Waals surface area contributed by atoms with Crippen molar-refractivity contribution in [3.05, 3.63) is 24.0 Å². The smallest absolute Gasteiger partial charge is 0.167 e. The number of likely N-dealkylation sites (tertiary alicyclic amines) is 1. The highest BCUT2D eigenvalue weighted by molar-refractivity contribution is 5.48. The number of halogens is 1. The highest BCUT2D eigenvalue weighted by atomic mass is 19.1. The molecule has 1 fully saturated rings. The SMILES string of the molecule is CCOc1ccc(NC2CC(C)N(C)CC2C)cc1F. The Morgan fingerprint density at radius 2 is 2.15 bits per heavy atom. The van der Waals surface area contributed by atoms with Crippen LogP contribution in [-0.2, 0) is 0 Å². The van der Waals surface area contributed by atoms with Gasteiger partial charge in [-0.25, -0.2) is 4.39 Å². The van der Waals surface area contributed by atoms with Crippen molar-refractivity contribution >= 4 is 5.69 Å². The Bertz CT molecular complexity index is 452. The molecule has 3 atom stereocenters. The Labute approximate surface area is 121 Å². The van der Waals surface area contributed by atoms with Crippen molar-refractivity contribution in [2.75, 3.05) is 25.5 Å². The van der Waals surface area contributed by atoms with Gasteiger partial charge in [0, 0.05) is 30.4 Å². The molecule has 0 radical (unpaired) electrons. The van der Waals surface area contributed by atoms with E-state index >= 15 is 0 Å². The van der Waals surface area contributed by atoms with E-state index in [-0.39, 0.29) is 5.82 Å². The summed E-state index contributed by atoms with van der Waals surface area (Å²) in [6.45, 7) is 7.88. The number of rotatable bonds is 4. The van der Waals surface area contributed by atoms with Gasteiger partial charge in [-0.05, 0) is 45.4 Å². The maximum atomic E-state index is 13.9. The second kappa shape index (κ2) is 6.44. The fourth-order valence-corrected chi connectivity index (χ4v) is 2.82. The lowest BCUT2D eigenvalue weighted by Gasteiger charge is -2.40. The van der Waals surface area contributed by atoms with Crippen LogP contribution in [0.5, 0.6) is 5.75 Å². The molecule has 3 unspecified atom stereocenters. The van der Waals surface area contributed by atoms with Gasteiger partial charge in [-0.2, -0.15) is 0 Å². The molecule has 1 saturated heterocycles. The lowest BCUT2D eigenvalue weighted by atomic mass is 9.89. The van der Waals surface area contributed by atoms with Gasteiger partial charge in [-0.15, -0.1) is 0 Å². The quantitative estimate of drug-likeness (QED) is 0.915. The van der Waals surface area contributed by atoms with E-state index in [1.165, 1.54) is 6.07 Å². The molecule has 1 N–H and O–H groups in total. The third-order valence-corrected chi connectivity index (χ3v) is 4.19. The van der Waals surface area contributed by atoms with Crippen LogP contribution in [0.15, 0.2) is 18.2 Å². The minimum absolute atomic E-state index is 0.300. The average molecular weight is 280 g/mol. The Morgan fingerprint density at radius 3 is 2.80 bits per heavy atom. The van der Waals surface area contributed by atoms with Crippen molar-refractivity contribution in [2.45, 2.75) is 39.3 Å². The molecule has 2 rings (SSSR count). The summed E-state index contributed by atoms with van der Waals surface area (Å²) < 4.78 is 19.1. The Kier molecular flexibility index (Phi) is 4.86. The van der Waals surface area contributed by atoms with Crippen LogP contribution >= 0.6 is 0 Å². The molecule has 1 aromatic rings. The molecular formula is C16H25FN2O. The van der Waals surface area contributed by atoms with Gasteiger partial charge in [-0.1, -0.05) is 6.92 Å². The molecule has 0 bridgehead atoms. The predicted molar refractivity (Wildman–Crippen MR) is 80.9 cm³/mol. The van der Waals surface area contributed by atoms with Crippen LogP contribution in [-0.4, -0.2) is 37.2 Å². The van der Waals surface area contributed by atoms with Gasteiger partial charge in [-0.3, -0.25) is 0 Å². The molecule has 0 spiro atoms. The first-order valence-corrected chi connectivity index (χ1v) is 7.40. The highest BCUT2D eigenvalue weighted by Gasteiger charge is 2.28. The zero-order valence-corrected chi connectivity index (χ0v) is 12.8. The normalized spacial score (nSPS) is 27.4. The zero-order chi connectivity index (χ0) is 14.7. The molecule has 1 aliphatic rings. The summed E-state index contributed by atoms with van der Waals surface area (Å²) in [4.78, 5) is 2.38. The van der Waals surface area contributed by atoms with E-state index in [4.69, 9.17) is 4.74 Å². The number of anilines is 1. The van der Waals surface area contributed by atoms with Crippen molar-refractivity contribution < 1.29 is 9.13 Å². The monoisotopic (exact) mass is 280 g/mol. The summed E-state index contributed by atoms with van der Waals surface area (Å²) in [7, 11) is 2.16. The molecule has 0 aromatic heterocycles. The lowest BCUT2D eigenvalue weighted by molar-refractivity contribution is 0.145. The third-order valence-electron chi connectivity index (χ3n) is 4.19. The molecule has 0 saturated carbocycles. The van der Waals surface area contributed by atoms with Crippen LogP contribution in [0.2, 0.25) is 0 Å². The highest BCUT2D eigenvalue weighted by Crippen LogP contribution is 2.26. The van der Waals surface area contributed by atoms with Crippen molar-refractivity contribution in [3.63, 3.8) is 0 Å². The van der Waals surface area contributed by atoms with E-state index in [9.17, 15) is 4.39 Å². The number of nitrogens with one attached hydrogen (secondary N) is 1. The molecule has 112 valence electrons. The first-order valence-electron chi connectivity index (χ1n) is 7.40. The molecule has 1 aliphatic heterocycles. The lowest BCUT2D eigenvalue weighted by Crippen LogP contribution is -2.48. The van der Waals surface area contributed by atoms with Crippen molar-refractivity contribution in [1.29, 1.82) is 0 Å². The van der Waals surface area contributed by atoms with E-state index in [0.717, 1.165) is 18.7 Å². The second-order valence-corrected chi connectivity index (χ2v) is 5.83. The van der Waals surface area contributed by atoms with Crippen LogP contribution in [0.25, 0.3) is 0 Å². The van der Waals surface area contributed by atoms with Gasteiger partial charge in [0.15, 0.2) is 11.6 Å². The topological polar surface area (TPSA) is 24.5 Å². The zero-order valence-electron chi connectivity index (χ0n) is 12.8. The van der Waals surface area contributed by atoms with Crippen LogP contribution in [0, 0.1) is 11.7 Å². The number of piperidine rings is 1. The Hall–Kier alpha value is -1.29. The van der Waals surface area contributed by atoms with E-state index < -0.39 is 0 Å². The van der Waals surface area contributed by atoms with Gasteiger partial charge < -0.3 is 15.0 Å². The number of benzene rings is 1. The minimum atomic E-state index is -0.300. The van der Waals surface area contributed by atoms with Crippen LogP contribution in [0.3, 0.4) is 0 Å². The molecule has 3 nitrogen and oxygen atoms in total. The van der Waals surface area contributed by atoms with Crippen LogP contribution in [0.4, 0.5) is 10.1 Å². The largest absolute Gasteiger partial charge is 0.491 e. The van der Waals surface area contributed by atoms with Gasteiger partial charge in [0.25, 0.3) is 0 Å². The first kappa shape index (κ1) is 15.1. The maximum Gasteiger partial charge on any atom is 0.167 e. The van der Waals surface area contributed by atoms with Crippen LogP contribution in [0.1, 0.15) is 27.2 Å². The molecule has 1 aromatic carbocycles. The van der Waals surface area contributed by atoms with Gasteiger partial charge >= 0.3 is 0 Å². The summed E-state index contributed by atoms with van der Waals surface area (Å²) >= 11 is 0. The van der Waals surface area contributed by atoms with Crippen molar-refractivity contribution in [1.82, 2.24) is 4.90 Å². The second-order valence-electron chi connectivity index (χ2n) is 5.83. The summed E-state index contributed by atoms with van der Waals surface area (Å²) in [5, 5.41) is 3.47. The third kappa shape index (κ3) is 3.42. The van der Waals surface area contributed by atoms with Crippen molar-refractivity contribution in [3.8, 4) is 5.75 Å². The van der Waals surface area contributed by atoms with Gasteiger partial charge in [0.1, 0.15) is 0 Å². The fourth-order valence-electron chi connectivity index (χ4n) is 2.82. The Balaban J connectivity index is 2.04. The number of nitrogens with zero attached hydrogens (tertiary/aromatic N) is 1. The molecular weight excluding hydrogens is 255 g/mol. The summed E-state index contributed by atoms with van der Waals surface area (Å²) in [5.41, 5.74) is 0.833. The first-order chi connectivity index (χ1) is 9.51. The average Bonchev–Trinajstić information content (AvgIpc) is 2.39. The predicted octanol–water partition coefficient (Wildman–Crippen LogP) is 3.37. The molecule has 0 amide bonds. The van der Waals surface area contributed by atoms with Gasteiger partial charge in [0.2, 0.25) is 0 Å². The minimum Gasteiger partial charge on any atom is -0.491 e. The van der Waals surface area contributed by atoms with E-state index in [1.54, 1.807) is 6.07 Å². The summed E-state index contributed by atoms with van der Waals surface area (Å²) in [6.07, 6.45) is 1.08. The number of ether oxygens (including phenoxy) is 1. The molecule has 1 heterocycles. The number of hydrogen-bond acceptors (Lipinski definition) is 3.